The first-order valence-electron chi connectivity index (χ1n) is 8.37. The molecule has 0 fully saturated rings. The van der Waals surface area contributed by atoms with Gasteiger partial charge in [-0.1, -0.05) is 30.3 Å². The number of rotatable bonds is 4. The minimum Gasteiger partial charge on any atom is -0.484 e. The van der Waals surface area contributed by atoms with Crippen LogP contribution < -0.4 is 10.1 Å². The van der Waals surface area contributed by atoms with Crippen molar-refractivity contribution in [2.24, 2.45) is 0 Å². The highest BCUT2D eigenvalue weighted by Gasteiger charge is 2.18. The molecule has 0 spiro atoms. The number of amides is 1. The van der Waals surface area contributed by atoms with E-state index in [1.165, 1.54) is 22.3 Å². The predicted octanol–water partition coefficient (Wildman–Crippen LogP) is 4.15. The van der Waals surface area contributed by atoms with E-state index in [-0.39, 0.29) is 12.5 Å². The van der Waals surface area contributed by atoms with E-state index < -0.39 is 0 Å². The molecular formula is C22H16N2O2. The maximum Gasteiger partial charge on any atom is 0.262 e. The first-order valence-corrected chi connectivity index (χ1v) is 8.37. The standard InChI is InChI=1S/C22H16N2O2/c23-13-15-5-9-19(10-6-15)26-14-22(25)24-18-8-7-17-11-16-3-1-2-4-20(16)21(17)12-18/h1-10,12H,11,14H2,(H,24,25). The highest BCUT2D eigenvalue weighted by Crippen LogP contribution is 2.37. The average molecular weight is 340 g/mol. The van der Waals surface area contributed by atoms with Gasteiger partial charge in [-0.3, -0.25) is 4.79 Å². The number of carbonyl (C=O) groups is 1. The molecule has 126 valence electrons. The molecule has 3 aromatic carbocycles. The highest BCUT2D eigenvalue weighted by atomic mass is 16.5. The SMILES string of the molecule is N#Cc1ccc(OCC(=O)Nc2ccc3c(c2)-c2ccccc2C3)cc1. The number of hydrogen-bond acceptors (Lipinski definition) is 3. The second-order valence-corrected chi connectivity index (χ2v) is 6.18. The minimum atomic E-state index is -0.222. The lowest BCUT2D eigenvalue weighted by Gasteiger charge is -2.09. The summed E-state index contributed by atoms with van der Waals surface area (Å²) in [6, 6.07) is 23.0. The third-order valence-electron chi connectivity index (χ3n) is 4.44. The van der Waals surface area contributed by atoms with Gasteiger partial charge < -0.3 is 10.1 Å². The molecule has 4 rings (SSSR count). The second-order valence-electron chi connectivity index (χ2n) is 6.18. The topological polar surface area (TPSA) is 62.1 Å². The lowest BCUT2D eigenvalue weighted by Crippen LogP contribution is -2.20. The Hall–Kier alpha value is -3.58. The Morgan fingerprint density at radius 1 is 1.00 bits per heavy atom. The molecule has 0 atom stereocenters. The number of anilines is 1. The molecule has 0 saturated carbocycles. The second kappa shape index (κ2) is 6.73. The van der Waals surface area contributed by atoms with Crippen molar-refractivity contribution >= 4 is 11.6 Å². The Bertz CT molecular complexity index is 1020. The summed E-state index contributed by atoms with van der Waals surface area (Å²) in [5.74, 6) is 0.336. The van der Waals surface area contributed by atoms with Gasteiger partial charge in [-0.15, -0.1) is 0 Å². The maximum absolute atomic E-state index is 12.2. The van der Waals surface area contributed by atoms with Crippen LogP contribution in [0, 0.1) is 11.3 Å². The quantitative estimate of drug-likeness (QED) is 0.607. The van der Waals surface area contributed by atoms with E-state index in [2.05, 4.69) is 23.5 Å². The molecule has 4 heteroatoms. The summed E-state index contributed by atoms with van der Waals surface area (Å²) in [5.41, 5.74) is 6.31. The van der Waals surface area contributed by atoms with E-state index in [1.807, 2.05) is 30.3 Å². The molecule has 1 amide bonds. The zero-order valence-corrected chi connectivity index (χ0v) is 14.0. The van der Waals surface area contributed by atoms with Gasteiger partial charge in [-0.2, -0.15) is 5.26 Å². The number of fused-ring (bicyclic) bond motifs is 3. The van der Waals surface area contributed by atoms with E-state index in [4.69, 9.17) is 10.00 Å². The molecule has 1 aliphatic rings. The lowest BCUT2D eigenvalue weighted by molar-refractivity contribution is -0.118. The molecule has 0 unspecified atom stereocenters. The highest BCUT2D eigenvalue weighted by molar-refractivity contribution is 5.93. The van der Waals surface area contributed by atoms with Crippen molar-refractivity contribution < 1.29 is 9.53 Å². The average Bonchev–Trinajstić information content (AvgIpc) is 3.05. The summed E-state index contributed by atoms with van der Waals surface area (Å²) in [5, 5.41) is 11.7. The molecule has 3 aromatic rings. The summed E-state index contributed by atoms with van der Waals surface area (Å²) < 4.78 is 5.47. The van der Waals surface area contributed by atoms with E-state index in [1.54, 1.807) is 24.3 Å². The van der Waals surface area contributed by atoms with Crippen molar-refractivity contribution in [1.29, 1.82) is 5.26 Å². The van der Waals surface area contributed by atoms with Crippen LogP contribution in [0.1, 0.15) is 16.7 Å². The van der Waals surface area contributed by atoms with Crippen LogP contribution in [-0.2, 0) is 11.2 Å². The molecular weight excluding hydrogens is 324 g/mol. The Labute approximate surface area is 151 Å². The molecule has 0 bridgehead atoms. The zero-order valence-electron chi connectivity index (χ0n) is 14.0. The minimum absolute atomic E-state index is 0.0838. The van der Waals surface area contributed by atoms with Crippen LogP contribution in [0.5, 0.6) is 5.75 Å². The van der Waals surface area contributed by atoms with Crippen molar-refractivity contribution in [2.45, 2.75) is 6.42 Å². The Morgan fingerprint density at radius 2 is 1.77 bits per heavy atom. The fraction of sp³-hybridized carbons (Fsp3) is 0.0909. The van der Waals surface area contributed by atoms with Crippen LogP contribution >= 0.6 is 0 Å². The summed E-state index contributed by atoms with van der Waals surface area (Å²) in [7, 11) is 0. The fourth-order valence-electron chi connectivity index (χ4n) is 3.17. The lowest BCUT2D eigenvalue weighted by atomic mass is 10.1. The van der Waals surface area contributed by atoms with Gasteiger partial charge in [-0.05, 0) is 65.1 Å². The van der Waals surface area contributed by atoms with Crippen molar-refractivity contribution in [1.82, 2.24) is 0 Å². The summed E-state index contributed by atoms with van der Waals surface area (Å²) in [6.07, 6.45) is 0.932. The first kappa shape index (κ1) is 15.9. The number of benzene rings is 3. The van der Waals surface area contributed by atoms with Gasteiger partial charge >= 0.3 is 0 Å². The number of nitrogens with zero attached hydrogens (tertiary/aromatic N) is 1. The predicted molar refractivity (Wildman–Crippen MR) is 100.0 cm³/mol. The molecule has 4 nitrogen and oxygen atoms in total. The Morgan fingerprint density at radius 3 is 2.58 bits per heavy atom. The monoisotopic (exact) mass is 340 g/mol. The van der Waals surface area contributed by atoms with Crippen molar-refractivity contribution in [2.75, 3.05) is 11.9 Å². The van der Waals surface area contributed by atoms with Crippen LogP contribution in [0.2, 0.25) is 0 Å². The van der Waals surface area contributed by atoms with E-state index in [9.17, 15) is 4.79 Å². The van der Waals surface area contributed by atoms with Gasteiger partial charge in [0.05, 0.1) is 11.6 Å². The Kier molecular flexibility index (Phi) is 4.12. The van der Waals surface area contributed by atoms with Crippen LogP contribution in [0.3, 0.4) is 0 Å². The smallest absolute Gasteiger partial charge is 0.262 e. The van der Waals surface area contributed by atoms with Crippen LogP contribution in [0.4, 0.5) is 5.69 Å². The van der Waals surface area contributed by atoms with Gasteiger partial charge in [0.1, 0.15) is 5.75 Å². The van der Waals surface area contributed by atoms with Gasteiger partial charge in [0.2, 0.25) is 0 Å². The zero-order chi connectivity index (χ0) is 17.9. The largest absolute Gasteiger partial charge is 0.484 e. The molecule has 26 heavy (non-hydrogen) atoms. The molecule has 0 heterocycles. The normalized spacial score (nSPS) is 11.2. The third-order valence-corrected chi connectivity index (χ3v) is 4.44. The Balaban J connectivity index is 1.42. The maximum atomic E-state index is 12.2. The summed E-state index contributed by atoms with van der Waals surface area (Å²) in [6.45, 7) is -0.0838. The summed E-state index contributed by atoms with van der Waals surface area (Å²) >= 11 is 0. The fourth-order valence-corrected chi connectivity index (χ4v) is 3.17. The molecule has 1 N–H and O–H groups in total. The van der Waals surface area contributed by atoms with Gasteiger partial charge in [0.15, 0.2) is 6.61 Å². The number of carbonyl (C=O) groups excluding carboxylic acids is 1. The molecule has 0 aliphatic heterocycles. The number of hydrogen-bond donors (Lipinski definition) is 1. The first-order chi connectivity index (χ1) is 12.7. The molecule has 0 aromatic heterocycles. The number of nitrogens with one attached hydrogen (secondary N) is 1. The van der Waals surface area contributed by atoms with Crippen molar-refractivity contribution in [3.8, 4) is 22.9 Å². The molecule has 0 radical (unpaired) electrons. The van der Waals surface area contributed by atoms with Gasteiger partial charge in [0.25, 0.3) is 5.91 Å². The van der Waals surface area contributed by atoms with E-state index in [0.717, 1.165) is 12.1 Å². The van der Waals surface area contributed by atoms with Crippen LogP contribution in [-0.4, -0.2) is 12.5 Å². The van der Waals surface area contributed by atoms with Crippen LogP contribution in [0.25, 0.3) is 11.1 Å². The summed E-state index contributed by atoms with van der Waals surface area (Å²) in [4.78, 5) is 12.2. The number of ether oxygens (including phenoxy) is 1. The third kappa shape index (κ3) is 3.15. The van der Waals surface area contributed by atoms with Gasteiger partial charge in [0, 0.05) is 5.69 Å². The van der Waals surface area contributed by atoms with Gasteiger partial charge in [-0.25, -0.2) is 0 Å². The molecule has 0 saturated heterocycles. The van der Waals surface area contributed by atoms with Crippen molar-refractivity contribution in [3.63, 3.8) is 0 Å². The molecule has 1 aliphatic carbocycles. The number of nitriles is 1. The van der Waals surface area contributed by atoms with Crippen LogP contribution in [0.15, 0.2) is 66.7 Å². The van der Waals surface area contributed by atoms with Crippen molar-refractivity contribution in [3.05, 3.63) is 83.4 Å². The van der Waals surface area contributed by atoms with E-state index >= 15 is 0 Å². The van der Waals surface area contributed by atoms with E-state index in [0.29, 0.717) is 11.3 Å².